The molecule has 0 unspecified atom stereocenters. The number of hydrogen-bond donors (Lipinski definition) is 1. The first-order chi connectivity index (χ1) is 8.33. The Bertz CT molecular complexity index is 351. The van der Waals surface area contributed by atoms with Crippen molar-refractivity contribution in [1.29, 1.82) is 0 Å². The van der Waals surface area contributed by atoms with Gasteiger partial charge in [0, 0.05) is 19.3 Å². The van der Waals surface area contributed by atoms with E-state index in [9.17, 15) is 4.79 Å². The lowest BCUT2D eigenvalue weighted by molar-refractivity contribution is -0.140. The van der Waals surface area contributed by atoms with E-state index in [1.807, 2.05) is 17.9 Å². The highest BCUT2D eigenvalue weighted by Crippen LogP contribution is 2.29. The van der Waals surface area contributed by atoms with E-state index in [0.29, 0.717) is 6.61 Å². The van der Waals surface area contributed by atoms with E-state index in [1.54, 1.807) is 6.20 Å². The molecule has 1 aliphatic rings. The summed E-state index contributed by atoms with van der Waals surface area (Å²) < 4.78 is 5.20. The van der Waals surface area contributed by atoms with Crippen LogP contribution in [0.5, 0.6) is 0 Å². The van der Waals surface area contributed by atoms with Gasteiger partial charge in [0.05, 0.1) is 11.7 Å². The van der Waals surface area contributed by atoms with E-state index in [0.717, 1.165) is 31.5 Å². The zero-order chi connectivity index (χ0) is 12.1. The Labute approximate surface area is 101 Å². The largest absolute Gasteiger partial charge is 0.372 e. The van der Waals surface area contributed by atoms with Gasteiger partial charge in [0.15, 0.2) is 0 Å². The van der Waals surface area contributed by atoms with Crippen molar-refractivity contribution in [3.63, 3.8) is 0 Å². The summed E-state index contributed by atoms with van der Waals surface area (Å²) in [7, 11) is 0. The predicted molar refractivity (Wildman–Crippen MR) is 63.4 cm³/mol. The van der Waals surface area contributed by atoms with Crippen LogP contribution in [-0.4, -0.2) is 40.8 Å². The molecule has 17 heavy (non-hydrogen) atoms. The molecule has 0 radical (unpaired) electrons. The number of carbonyl (C=O) groups is 1. The summed E-state index contributed by atoms with van der Waals surface area (Å²) in [6.07, 6.45) is 4.96. The van der Waals surface area contributed by atoms with E-state index >= 15 is 0 Å². The minimum atomic E-state index is 0.0751. The van der Waals surface area contributed by atoms with Crippen LogP contribution in [0.2, 0.25) is 0 Å². The first kappa shape index (κ1) is 12.1. The maximum atomic E-state index is 12.0. The average molecular weight is 237 g/mol. The van der Waals surface area contributed by atoms with Crippen LogP contribution >= 0.6 is 0 Å². The second-order valence-electron chi connectivity index (χ2n) is 4.25. The molecule has 1 saturated heterocycles. The van der Waals surface area contributed by atoms with Gasteiger partial charge in [-0.3, -0.25) is 9.89 Å². The normalized spacial score (nSPS) is 20.5. The van der Waals surface area contributed by atoms with Gasteiger partial charge in [-0.15, -0.1) is 0 Å². The number of nitrogens with zero attached hydrogens (tertiary/aromatic N) is 2. The van der Waals surface area contributed by atoms with Gasteiger partial charge in [-0.25, -0.2) is 0 Å². The van der Waals surface area contributed by atoms with E-state index in [1.165, 1.54) is 0 Å². The zero-order valence-electron chi connectivity index (χ0n) is 10.2. The number of nitrogens with one attached hydrogen (secondary N) is 1. The molecule has 1 aromatic rings. The highest BCUT2D eigenvalue weighted by Gasteiger charge is 2.28. The van der Waals surface area contributed by atoms with Crippen molar-refractivity contribution in [3.8, 4) is 0 Å². The van der Waals surface area contributed by atoms with Crippen molar-refractivity contribution in [2.24, 2.45) is 0 Å². The van der Waals surface area contributed by atoms with Crippen LogP contribution in [0.4, 0.5) is 0 Å². The number of piperidine rings is 1. The number of amides is 1. The maximum Gasteiger partial charge on any atom is 0.249 e. The van der Waals surface area contributed by atoms with Gasteiger partial charge in [-0.1, -0.05) is 0 Å². The summed E-state index contributed by atoms with van der Waals surface area (Å²) in [5.74, 6) is 0.0751. The van der Waals surface area contributed by atoms with Gasteiger partial charge in [0.25, 0.3) is 0 Å². The highest BCUT2D eigenvalue weighted by atomic mass is 16.5. The Morgan fingerprint density at radius 3 is 3.24 bits per heavy atom. The lowest BCUT2D eigenvalue weighted by Gasteiger charge is -2.35. The minimum absolute atomic E-state index is 0.0751. The van der Waals surface area contributed by atoms with Crippen LogP contribution in [0.15, 0.2) is 12.3 Å². The van der Waals surface area contributed by atoms with Crippen LogP contribution in [0.3, 0.4) is 0 Å². The lowest BCUT2D eigenvalue weighted by Crippen LogP contribution is -2.40. The molecular weight excluding hydrogens is 218 g/mol. The number of ether oxygens (including phenoxy) is 1. The van der Waals surface area contributed by atoms with Gasteiger partial charge < -0.3 is 9.64 Å². The smallest absolute Gasteiger partial charge is 0.249 e. The molecule has 2 heterocycles. The Morgan fingerprint density at radius 1 is 1.65 bits per heavy atom. The van der Waals surface area contributed by atoms with Gasteiger partial charge in [-0.2, -0.15) is 5.10 Å². The van der Waals surface area contributed by atoms with Crippen molar-refractivity contribution in [1.82, 2.24) is 15.1 Å². The summed E-state index contributed by atoms with van der Waals surface area (Å²) in [4.78, 5) is 13.9. The summed E-state index contributed by atoms with van der Waals surface area (Å²) in [5, 5.41) is 6.92. The number of likely N-dealkylation sites (tertiary alicyclic amines) is 1. The van der Waals surface area contributed by atoms with Crippen LogP contribution in [-0.2, 0) is 9.53 Å². The lowest BCUT2D eigenvalue weighted by atomic mass is 9.99. The Kier molecular flexibility index (Phi) is 4.14. The number of rotatable bonds is 4. The number of H-pyrrole nitrogens is 1. The molecule has 0 aromatic carbocycles. The molecule has 1 atom stereocenters. The van der Waals surface area contributed by atoms with Crippen molar-refractivity contribution in [2.75, 3.05) is 19.8 Å². The fourth-order valence-corrected chi connectivity index (χ4v) is 2.28. The summed E-state index contributed by atoms with van der Waals surface area (Å²) in [5.41, 5.74) is 1.02. The monoisotopic (exact) mass is 237 g/mol. The van der Waals surface area contributed by atoms with Crippen LogP contribution in [0.1, 0.15) is 37.9 Å². The number of hydrogen-bond acceptors (Lipinski definition) is 3. The highest BCUT2D eigenvalue weighted by molar-refractivity contribution is 5.78. The molecule has 1 N–H and O–H groups in total. The van der Waals surface area contributed by atoms with Crippen molar-refractivity contribution in [2.45, 2.75) is 32.2 Å². The first-order valence-electron chi connectivity index (χ1n) is 6.19. The third-order valence-electron chi connectivity index (χ3n) is 3.13. The zero-order valence-corrected chi connectivity index (χ0v) is 10.2. The molecule has 0 aliphatic carbocycles. The number of aromatic amines is 1. The Balaban J connectivity index is 2.04. The molecule has 0 saturated carbocycles. The van der Waals surface area contributed by atoms with Gasteiger partial charge in [-0.05, 0) is 32.3 Å². The van der Waals surface area contributed by atoms with E-state index in [4.69, 9.17) is 4.74 Å². The van der Waals surface area contributed by atoms with Gasteiger partial charge in [0.2, 0.25) is 5.91 Å². The third-order valence-corrected chi connectivity index (χ3v) is 3.13. The molecule has 94 valence electrons. The summed E-state index contributed by atoms with van der Waals surface area (Å²) >= 11 is 0. The van der Waals surface area contributed by atoms with Crippen LogP contribution in [0.25, 0.3) is 0 Å². The minimum Gasteiger partial charge on any atom is -0.372 e. The molecule has 1 aromatic heterocycles. The second kappa shape index (κ2) is 5.82. The quantitative estimate of drug-likeness (QED) is 0.863. The topological polar surface area (TPSA) is 58.2 Å². The molecule has 1 aliphatic heterocycles. The summed E-state index contributed by atoms with van der Waals surface area (Å²) in [6.45, 7) is 3.47. The molecule has 0 bridgehead atoms. The van der Waals surface area contributed by atoms with Crippen molar-refractivity contribution < 1.29 is 9.53 Å². The molecule has 5 nitrogen and oxygen atoms in total. The third kappa shape index (κ3) is 2.85. The van der Waals surface area contributed by atoms with Crippen LogP contribution in [0, 0.1) is 0 Å². The van der Waals surface area contributed by atoms with Gasteiger partial charge >= 0.3 is 0 Å². The van der Waals surface area contributed by atoms with E-state index in [2.05, 4.69) is 10.2 Å². The fraction of sp³-hybridized carbons (Fsp3) is 0.667. The molecule has 0 spiro atoms. The number of carbonyl (C=O) groups excluding carboxylic acids is 1. The maximum absolute atomic E-state index is 12.0. The second-order valence-corrected chi connectivity index (χ2v) is 4.25. The molecule has 2 rings (SSSR count). The van der Waals surface area contributed by atoms with Crippen molar-refractivity contribution >= 4 is 5.91 Å². The molecule has 1 amide bonds. The Hall–Kier alpha value is -1.36. The fourth-order valence-electron chi connectivity index (χ4n) is 2.28. The number of aromatic nitrogens is 2. The van der Waals surface area contributed by atoms with E-state index < -0.39 is 0 Å². The summed E-state index contributed by atoms with van der Waals surface area (Å²) in [6, 6.07) is 2.08. The SMILES string of the molecule is CCOCC(=O)N1CCCC[C@H]1c1ccn[nH]1. The first-order valence-corrected chi connectivity index (χ1v) is 6.19. The predicted octanol–water partition coefficient (Wildman–Crippen LogP) is 1.50. The molecular formula is C12H19N3O2. The molecule has 5 heteroatoms. The Morgan fingerprint density at radius 2 is 2.53 bits per heavy atom. The van der Waals surface area contributed by atoms with E-state index in [-0.39, 0.29) is 18.6 Å². The average Bonchev–Trinajstić information content (AvgIpc) is 2.89. The standard InChI is InChI=1S/C12H19N3O2/c1-2-17-9-12(16)15-8-4-3-5-11(15)10-6-7-13-14-10/h6-7,11H,2-5,8-9H2,1H3,(H,13,14)/t11-/m0/s1. The van der Waals surface area contributed by atoms with Gasteiger partial charge in [0.1, 0.15) is 6.61 Å². The molecule has 1 fully saturated rings. The van der Waals surface area contributed by atoms with Crippen LogP contribution < -0.4 is 0 Å². The van der Waals surface area contributed by atoms with Crippen molar-refractivity contribution in [3.05, 3.63) is 18.0 Å².